The summed E-state index contributed by atoms with van der Waals surface area (Å²) >= 11 is 3.53. The maximum atomic E-state index is 3.53. The van der Waals surface area contributed by atoms with Gasteiger partial charge < -0.3 is 9.13 Å². The van der Waals surface area contributed by atoms with Crippen molar-refractivity contribution in [2.45, 2.75) is 13.3 Å². The third kappa shape index (κ3) is 5.55. The summed E-state index contributed by atoms with van der Waals surface area (Å²) in [5.41, 5.74) is 15.4. The Labute approximate surface area is 311 Å². The molecule has 9 aromatic rings. The number of allylic oxidation sites excluding steroid dienone is 3. The highest BCUT2D eigenvalue weighted by Crippen LogP contribution is 2.44. The molecule has 0 spiro atoms. The van der Waals surface area contributed by atoms with Crippen LogP contribution in [0.25, 0.3) is 77.2 Å². The molecule has 0 radical (unpaired) electrons. The van der Waals surface area contributed by atoms with Gasteiger partial charge in [-0.1, -0.05) is 134 Å². The Morgan fingerprint density at radius 1 is 0.519 bits per heavy atom. The van der Waals surface area contributed by atoms with Crippen LogP contribution >= 0.6 is 12.6 Å². The van der Waals surface area contributed by atoms with Crippen LogP contribution in [0.15, 0.2) is 183 Å². The molecule has 2 nitrogen and oxygen atoms in total. The predicted molar refractivity (Wildman–Crippen MR) is 229 cm³/mol. The van der Waals surface area contributed by atoms with Crippen LogP contribution in [0.5, 0.6) is 0 Å². The fourth-order valence-electron chi connectivity index (χ4n) is 7.90. The monoisotopic (exact) mass is 688 g/mol. The van der Waals surface area contributed by atoms with Gasteiger partial charge in [-0.3, -0.25) is 0 Å². The van der Waals surface area contributed by atoms with E-state index in [1.807, 2.05) is 19.1 Å². The predicted octanol–water partition coefficient (Wildman–Crippen LogP) is 13.4. The van der Waals surface area contributed by atoms with Gasteiger partial charge in [0.1, 0.15) is 0 Å². The Balaban J connectivity index is 0.000000513. The number of fused-ring (bicyclic) bond motifs is 9. The Morgan fingerprint density at radius 2 is 1.12 bits per heavy atom. The minimum Gasteiger partial charge on any atom is -0.309 e. The Kier molecular flexibility index (Phi) is 9.11. The maximum absolute atomic E-state index is 3.53. The van der Waals surface area contributed by atoms with E-state index in [9.17, 15) is 0 Å². The van der Waals surface area contributed by atoms with Gasteiger partial charge in [0, 0.05) is 33.7 Å². The number of para-hydroxylation sites is 3. The first-order chi connectivity index (χ1) is 25.7. The summed E-state index contributed by atoms with van der Waals surface area (Å²) in [6, 6.07) is 57.8. The zero-order valence-electron chi connectivity index (χ0n) is 29.5. The van der Waals surface area contributed by atoms with Gasteiger partial charge in [0.25, 0.3) is 0 Å². The van der Waals surface area contributed by atoms with Gasteiger partial charge in [-0.15, -0.1) is 0 Å². The zero-order chi connectivity index (χ0) is 35.6. The minimum atomic E-state index is 0.926. The molecular weight excluding hydrogens is 649 g/mol. The Morgan fingerprint density at radius 3 is 1.75 bits per heavy atom. The number of hydrogen-bond donors (Lipinski definition) is 1. The first-order valence-corrected chi connectivity index (χ1v) is 18.7. The SMILES string of the molecule is C=C/C=C\C.CS.c1ccc(-c2ccc3c(c2)c2ccccc2n3-c2ccc3c(c2)-c2cccc(-n4c5ccccc5c5ccccc54)c2C3)cc1. The summed E-state index contributed by atoms with van der Waals surface area (Å²) in [6.45, 7) is 5.42. The summed E-state index contributed by atoms with van der Waals surface area (Å²) in [6.07, 6.45) is 8.20. The van der Waals surface area contributed by atoms with Crippen LogP contribution in [0.4, 0.5) is 0 Å². The zero-order valence-corrected chi connectivity index (χ0v) is 30.4. The number of thiol groups is 1. The molecule has 2 heterocycles. The van der Waals surface area contributed by atoms with Gasteiger partial charge in [0.2, 0.25) is 0 Å². The van der Waals surface area contributed by atoms with Crippen molar-refractivity contribution >= 4 is 56.2 Å². The lowest BCUT2D eigenvalue weighted by Crippen LogP contribution is -1.98. The van der Waals surface area contributed by atoms with Crippen molar-refractivity contribution in [1.29, 1.82) is 0 Å². The molecule has 52 heavy (non-hydrogen) atoms. The first-order valence-electron chi connectivity index (χ1n) is 17.8. The molecule has 0 amide bonds. The molecular formula is C49H40N2S. The molecule has 0 saturated carbocycles. The van der Waals surface area contributed by atoms with Crippen molar-refractivity contribution in [3.05, 3.63) is 194 Å². The number of aromatic nitrogens is 2. The van der Waals surface area contributed by atoms with E-state index in [0.29, 0.717) is 0 Å². The van der Waals surface area contributed by atoms with E-state index >= 15 is 0 Å². The average molecular weight is 689 g/mol. The summed E-state index contributed by atoms with van der Waals surface area (Å²) < 4.78 is 4.90. The maximum Gasteiger partial charge on any atom is 0.0541 e. The molecule has 7 aromatic carbocycles. The van der Waals surface area contributed by atoms with E-state index in [0.717, 1.165) is 6.42 Å². The summed E-state index contributed by atoms with van der Waals surface area (Å²) in [5, 5.41) is 5.15. The molecule has 0 N–H and O–H groups in total. The van der Waals surface area contributed by atoms with Crippen molar-refractivity contribution in [3.8, 4) is 33.6 Å². The average Bonchev–Trinajstić information content (AvgIpc) is 3.87. The number of rotatable bonds is 4. The van der Waals surface area contributed by atoms with Crippen LogP contribution in [0.3, 0.4) is 0 Å². The molecule has 0 fully saturated rings. The largest absolute Gasteiger partial charge is 0.309 e. The molecule has 3 heteroatoms. The number of hydrogen-bond acceptors (Lipinski definition) is 1. The van der Waals surface area contributed by atoms with Gasteiger partial charge in [0.15, 0.2) is 0 Å². The van der Waals surface area contributed by atoms with Gasteiger partial charge in [0.05, 0.1) is 27.8 Å². The van der Waals surface area contributed by atoms with E-state index in [2.05, 4.69) is 186 Å². The molecule has 0 unspecified atom stereocenters. The van der Waals surface area contributed by atoms with Crippen LogP contribution < -0.4 is 0 Å². The van der Waals surface area contributed by atoms with E-state index in [-0.39, 0.29) is 0 Å². The highest BCUT2D eigenvalue weighted by molar-refractivity contribution is 7.79. The van der Waals surface area contributed by atoms with Crippen molar-refractivity contribution in [3.63, 3.8) is 0 Å². The fraction of sp³-hybridized carbons (Fsp3) is 0.0612. The lowest BCUT2D eigenvalue weighted by atomic mass is 10.0. The molecule has 10 rings (SSSR count). The second-order valence-corrected chi connectivity index (χ2v) is 12.9. The lowest BCUT2D eigenvalue weighted by Gasteiger charge is -2.13. The quantitative estimate of drug-likeness (QED) is 0.139. The van der Waals surface area contributed by atoms with Crippen LogP contribution in [0.1, 0.15) is 18.1 Å². The second kappa shape index (κ2) is 14.3. The van der Waals surface area contributed by atoms with Gasteiger partial charge >= 0.3 is 0 Å². The van der Waals surface area contributed by atoms with Gasteiger partial charge in [-0.05, 0) is 95.1 Å². The molecule has 1 aliphatic carbocycles. The van der Waals surface area contributed by atoms with E-state index in [4.69, 9.17) is 0 Å². The van der Waals surface area contributed by atoms with Crippen molar-refractivity contribution in [2.24, 2.45) is 0 Å². The first kappa shape index (κ1) is 33.1. The topological polar surface area (TPSA) is 9.86 Å². The smallest absolute Gasteiger partial charge is 0.0541 e. The summed E-state index contributed by atoms with van der Waals surface area (Å²) in [4.78, 5) is 0. The standard InChI is InChI=1S/C43H28N2.C5H8.CH4S/c1-2-11-28(12-3-1)29-22-24-43-38(25-29)35-15-6-7-17-39(35)44(43)31-23-21-30-26-37-32(36(30)27-31)16-10-20-42(37)45-40-18-8-4-13-33(40)34-14-5-9-19-41(34)45;1-3-5-4-2;1-2/h1-25,27H,26H2;3-5H,1H2,2H3;2H,1H3/b;5-4-;. The van der Waals surface area contributed by atoms with Crippen LogP contribution in [0.2, 0.25) is 0 Å². The van der Waals surface area contributed by atoms with E-state index in [1.54, 1.807) is 12.3 Å². The van der Waals surface area contributed by atoms with Crippen molar-refractivity contribution in [2.75, 3.05) is 6.26 Å². The number of nitrogens with zero attached hydrogens (tertiary/aromatic N) is 2. The molecule has 0 atom stereocenters. The second-order valence-electron chi connectivity index (χ2n) is 12.9. The van der Waals surface area contributed by atoms with E-state index < -0.39 is 0 Å². The summed E-state index contributed by atoms with van der Waals surface area (Å²) in [7, 11) is 0. The van der Waals surface area contributed by atoms with Gasteiger partial charge in [-0.25, -0.2) is 0 Å². The molecule has 0 saturated heterocycles. The highest BCUT2D eigenvalue weighted by atomic mass is 32.1. The van der Waals surface area contributed by atoms with Crippen molar-refractivity contribution in [1.82, 2.24) is 9.13 Å². The molecule has 0 bridgehead atoms. The number of benzene rings is 7. The normalized spacial score (nSPS) is 11.7. The Bertz CT molecular complexity index is 2710. The lowest BCUT2D eigenvalue weighted by molar-refractivity contribution is 1.12. The van der Waals surface area contributed by atoms with E-state index in [1.165, 1.54) is 88.4 Å². The molecule has 2 aromatic heterocycles. The molecule has 0 aliphatic heterocycles. The third-order valence-corrected chi connectivity index (χ3v) is 10.1. The van der Waals surface area contributed by atoms with Crippen LogP contribution in [-0.4, -0.2) is 15.4 Å². The van der Waals surface area contributed by atoms with Crippen molar-refractivity contribution < 1.29 is 0 Å². The molecule has 252 valence electrons. The van der Waals surface area contributed by atoms with Gasteiger partial charge in [-0.2, -0.15) is 12.6 Å². The fourth-order valence-corrected chi connectivity index (χ4v) is 7.90. The van der Waals surface area contributed by atoms with Crippen LogP contribution in [-0.2, 0) is 6.42 Å². The Hall–Kier alpha value is -6.03. The third-order valence-electron chi connectivity index (χ3n) is 10.1. The minimum absolute atomic E-state index is 0.926. The van der Waals surface area contributed by atoms with Crippen LogP contribution in [0, 0.1) is 0 Å². The molecule has 1 aliphatic rings. The highest BCUT2D eigenvalue weighted by Gasteiger charge is 2.25. The summed E-state index contributed by atoms with van der Waals surface area (Å²) in [5.74, 6) is 0.